The molecule has 0 saturated carbocycles. The van der Waals surface area contributed by atoms with Crippen molar-refractivity contribution in [2.45, 2.75) is 18.0 Å². The van der Waals surface area contributed by atoms with E-state index in [1.165, 1.54) is 18.4 Å². The number of halogens is 2. The summed E-state index contributed by atoms with van der Waals surface area (Å²) in [5.41, 5.74) is 7.65. The van der Waals surface area contributed by atoms with Crippen molar-refractivity contribution in [3.63, 3.8) is 0 Å². The van der Waals surface area contributed by atoms with E-state index >= 15 is 0 Å². The molecule has 0 amide bonds. The molecule has 1 heterocycles. The molecule has 0 spiro atoms. The molecule has 2 N–H and O–H groups in total. The van der Waals surface area contributed by atoms with E-state index in [1.807, 2.05) is 0 Å². The minimum atomic E-state index is -4.17. The Balaban J connectivity index is 2.41. The van der Waals surface area contributed by atoms with E-state index in [0.717, 1.165) is 16.4 Å². The molecule has 0 aliphatic rings. The average Bonchev–Trinajstić information content (AvgIpc) is 2.94. The number of hydrogen-bond donors (Lipinski definition) is 1. The number of aromatic nitrogens is 1. The Kier molecular flexibility index (Phi) is 4.67. The van der Waals surface area contributed by atoms with Crippen LogP contribution in [-0.2, 0) is 23.1 Å². The minimum absolute atomic E-state index is 0.0280. The highest BCUT2D eigenvalue weighted by molar-refractivity contribution is 7.89. The lowest BCUT2D eigenvalue weighted by Gasteiger charge is -2.17. The van der Waals surface area contributed by atoms with E-state index in [9.17, 15) is 17.2 Å². The fourth-order valence-electron chi connectivity index (χ4n) is 1.72. The largest absolute Gasteiger partial charge is 0.326 e. The molecule has 114 valence electrons. The number of sulfonamides is 1. The molecule has 0 aliphatic heterocycles. The van der Waals surface area contributed by atoms with Gasteiger partial charge in [-0.3, -0.25) is 0 Å². The fraction of sp³-hybridized carbons (Fsp3) is 0.250. The van der Waals surface area contributed by atoms with Crippen LogP contribution >= 0.6 is 11.3 Å². The number of rotatable bonds is 5. The molecular formula is C12H13F2N3O2S2. The number of nitrogens with zero attached hydrogens (tertiary/aromatic N) is 2. The van der Waals surface area contributed by atoms with Crippen molar-refractivity contribution in [1.82, 2.24) is 9.29 Å². The van der Waals surface area contributed by atoms with Crippen LogP contribution in [0.4, 0.5) is 8.78 Å². The molecule has 0 unspecified atom stereocenters. The highest BCUT2D eigenvalue weighted by Gasteiger charge is 2.27. The highest BCUT2D eigenvalue weighted by Crippen LogP contribution is 2.23. The van der Waals surface area contributed by atoms with E-state index < -0.39 is 26.6 Å². The maximum absolute atomic E-state index is 13.8. The van der Waals surface area contributed by atoms with Crippen LogP contribution in [0.3, 0.4) is 0 Å². The lowest BCUT2D eigenvalue weighted by Crippen LogP contribution is -2.28. The molecule has 0 fully saturated rings. The van der Waals surface area contributed by atoms with Crippen LogP contribution in [0.5, 0.6) is 0 Å². The van der Waals surface area contributed by atoms with Crippen molar-refractivity contribution in [3.8, 4) is 0 Å². The number of benzene rings is 1. The molecule has 2 rings (SSSR count). The van der Waals surface area contributed by atoms with Crippen molar-refractivity contribution in [1.29, 1.82) is 0 Å². The van der Waals surface area contributed by atoms with Gasteiger partial charge in [0.1, 0.15) is 4.90 Å². The van der Waals surface area contributed by atoms with Crippen LogP contribution in [0.1, 0.15) is 11.3 Å². The summed E-state index contributed by atoms with van der Waals surface area (Å²) in [5.74, 6) is -2.64. The second-order valence-electron chi connectivity index (χ2n) is 4.33. The average molecular weight is 333 g/mol. The van der Waals surface area contributed by atoms with Gasteiger partial charge < -0.3 is 5.73 Å². The Morgan fingerprint density at radius 1 is 1.38 bits per heavy atom. The van der Waals surface area contributed by atoms with Crippen molar-refractivity contribution >= 4 is 21.4 Å². The Morgan fingerprint density at radius 3 is 2.67 bits per heavy atom. The summed E-state index contributed by atoms with van der Waals surface area (Å²) < 4.78 is 52.9. The number of hydrogen-bond acceptors (Lipinski definition) is 5. The van der Waals surface area contributed by atoms with Gasteiger partial charge in [0.15, 0.2) is 11.6 Å². The Hall–Kier alpha value is -1.42. The van der Waals surface area contributed by atoms with Crippen molar-refractivity contribution in [2.75, 3.05) is 7.05 Å². The third kappa shape index (κ3) is 3.26. The SMILES string of the molecule is CN(Cc1cscn1)S(=O)(=O)c1cc(CN)cc(F)c1F. The van der Waals surface area contributed by atoms with Gasteiger partial charge in [0.2, 0.25) is 10.0 Å². The van der Waals surface area contributed by atoms with Crippen molar-refractivity contribution in [2.24, 2.45) is 5.73 Å². The molecule has 0 radical (unpaired) electrons. The number of nitrogens with two attached hydrogens (primary N) is 1. The summed E-state index contributed by atoms with van der Waals surface area (Å²) in [6.07, 6.45) is 0. The maximum Gasteiger partial charge on any atom is 0.246 e. The van der Waals surface area contributed by atoms with E-state index in [-0.39, 0.29) is 18.7 Å². The zero-order valence-corrected chi connectivity index (χ0v) is 12.7. The van der Waals surface area contributed by atoms with Crippen LogP contribution in [-0.4, -0.2) is 24.8 Å². The Morgan fingerprint density at radius 2 is 2.10 bits per heavy atom. The third-order valence-corrected chi connectivity index (χ3v) is 5.28. The molecule has 0 saturated heterocycles. The molecule has 2 aromatic rings. The van der Waals surface area contributed by atoms with Crippen LogP contribution < -0.4 is 5.73 Å². The lowest BCUT2D eigenvalue weighted by atomic mass is 10.2. The second kappa shape index (κ2) is 6.14. The van der Waals surface area contributed by atoms with Crippen LogP contribution in [0.2, 0.25) is 0 Å². The monoisotopic (exact) mass is 333 g/mol. The smallest absolute Gasteiger partial charge is 0.246 e. The standard InChI is InChI=1S/C12H13F2N3O2S2/c1-17(5-9-6-20-7-16-9)21(18,19)11-3-8(4-15)2-10(13)12(11)14/h2-3,6-7H,4-5,15H2,1H3. The maximum atomic E-state index is 13.8. The zero-order valence-electron chi connectivity index (χ0n) is 11.1. The highest BCUT2D eigenvalue weighted by atomic mass is 32.2. The normalized spacial score (nSPS) is 12.0. The summed E-state index contributed by atoms with van der Waals surface area (Å²) in [7, 11) is -2.89. The van der Waals surface area contributed by atoms with Crippen molar-refractivity contribution in [3.05, 3.63) is 45.9 Å². The summed E-state index contributed by atoms with van der Waals surface area (Å²) in [4.78, 5) is 3.24. The van der Waals surface area contributed by atoms with Gasteiger partial charge >= 0.3 is 0 Å². The van der Waals surface area contributed by atoms with Gasteiger partial charge in [0.05, 0.1) is 17.7 Å². The molecule has 5 nitrogen and oxygen atoms in total. The van der Waals surface area contributed by atoms with Crippen LogP contribution in [0.15, 0.2) is 27.9 Å². The third-order valence-electron chi connectivity index (χ3n) is 2.85. The second-order valence-corrected chi connectivity index (χ2v) is 7.07. The fourth-order valence-corrected chi connectivity index (χ4v) is 3.53. The van der Waals surface area contributed by atoms with E-state index in [4.69, 9.17) is 5.73 Å². The molecule has 21 heavy (non-hydrogen) atoms. The van der Waals surface area contributed by atoms with Crippen molar-refractivity contribution < 1.29 is 17.2 Å². The summed E-state index contributed by atoms with van der Waals surface area (Å²) in [6.45, 7) is -0.116. The van der Waals surface area contributed by atoms with Gasteiger partial charge in [0.25, 0.3) is 0 Å². The van der Waals surface area contributed by atoms with Crippen LogP contribution in [0.25, 0.3) is 0 Å². The zero-order chi connectivity index (χ0) is 15.6. The van der Waals surface area contributed by atoms with Gasteiger partial charge in [-0.05, 0) is 17.7 Å². The Bertz CT molecular complexity index is 733. The first-order valence-electron chi connectivity index (χ1n) is 5.87. The molecule has 0 atom stereocenters. The van der Waals surface area contributed by atoms with E-state index in [0.29, 0.717) is 5.69 Å². The summed E-state index contributed by atoms with van der Waals surface area (Å²) in [5, 5.41) is 1.68. The van der Waals surface area contributed by atoms with Crippen LogP contribution in [0, 0.1) is 11.6 Å². The van der Waals surface area contributed by atoms with Gasteiger partial charge in [0, 0.05) is 19.0 Å². The first-order valence-corrected chi connectivity index (χ1v) is 8.26. The molecular weight excluding hydrogens is 320 g/mol. The predicted octanol–water partition coefficient (Wildman–Crippen LogP) is 1.70. The summed E-state index contributed by atoms with van der Waals surface area (Å²) in [6, 6.07) is 1.93. The van der Waals surface area contributed by atoms with Gasteiger partial charge in [-0.2, -0.15) is 4.31 Å². The van der Waals surface area contributed by atoms with E-state index in [1.54, 1.807) is 10.9 Å². The molecule has 0 bridgehead atoms. The minimum Gasteiger partial charge on any atom is -0.326 e. The predicted molar refractivity (Wildman–Crippen MR) is 75.0 cm³/mol. The first kappa shape index (κ1) is 16.0. The lowest BCUT2D eigenvalue weighted by molar-refractivity contribution is 0.444. The van der Waals surface area contributed by atoms with E-state index in [2.05, 4.69) is 4.98 Å². The number of thiazole rings is 1. The molecule has 0 aliphatic carbocycles. The first-order chi connectivity index (χ1) is 9.86. The topological polar surface area (TPSA) is 76.3 Å². The molecule has 9 heteroatoms. The Labute approximate surface area is 125 Å². The molecule has 1 aromatic heterocycles. The molecule has 1 aromatic carbocycles. The quantitative estimate of drug-likeness (QED) is 0.903. The van der Waals surface area contributed by atoms with Gasteiger partial charge in [-0.25, -0.2) is 22.2 Å². The summed E-state index contributed by atoms with van der Waals surface area (Å²) >= 11 is 1.32. The van der Waals surface area contributed by atoms with Gasteiger partial charge in [-0.15, -0.1) is 11.3 Å². The van der Waals surface area contributed by atoms with Gasteiger partial charge in [-0.1, -0.05) is 0 Å².